The number of nitrogens with zero attached hydrogens (tertiary/aromatic N) is 5. The first-order valence-corrected chi connectivity index (χ1v) is 11.6. The summed E-state index contributed by atoms with van der Waals surface area (Å²) < 4.78 is 5.57. The topological polar surface area (TPSA) is 81.6 Å². The fraction of sp³-hybridized carbons (Fsp3) is 0.158. The maximum atomic E-state index is 4.87. The monoisotopic (exact) mass is 533 g/mol. The van der Waals surface area contributed by atoms with E-state index in [0.29, 0.717) is 6.54 Å². The second kappa shape index (κ2) is 7.92. The van der Waals surface area contributed by atoms with Crippen LogP contribution in [0.5, 0.6) is 0 Å². The molecule has 0 saturated carbocycles. The first-order valence-electron chi connectivity index (χ1n) is 8.92. The Morgan fingerprint density at radius 3 is 2.90 bits per heavy atom. The highest BCUT2D eigenvalue weighted by molar-refractivity contribution is 14.1. The molecule has 0 bridgehead atoms. The van der Waals surface area contributed by atoms with Crippen LogP contribution < -0.4 is 5.32 Å². The van der Waals surface area contributed by atoms with Crippen molar-refractivity contribution in [2.75, 3.05) is 11.9 Å². The maximum absolute atomic E-state index is 4.87. The molecule has 2 aliphatic rings. The van der Waals surface area contributed by atoms with Crippen LogP contribution in [0.1, 0.15) is 17.3 Å². The number of benzene rings is 1. The normalized spacial score (nSPS) is 18.2. The summed E-state index contributed by atoms with van der Waals surface area (Å²) in [6.45, 7) is 2.64. The molecule has 1 atom stereocenters. The van der Waals surface area contributed by atoms with E-state index in [9.17, 15) is 0 Å². The van der Waals surface area contributed by atoms with Crippen LogP contribution in [0.15, 0.2) is 68.8 Å². The standard InChI is InChI=1S/C19H16IN7S2/c1-11-6-16(29-26-11)24-18-19-21-9-15(12-7-22-23-8-12)27(19)10-17(25-18)28-14-4-2-13(20)3-5-14/h2-8,10,15H,9H2,1H3,(H,22,23)(H,24,25). The number of anilines is 1. The SMILES string of the molecule is Cc1cc(NC2=NC(Sc3ccc(I)cc3)=CN3C2=NCC3c2cn[nH]c2)sn1. The number of halogens is 1. The van der Waals surface area contributed by atoms with Crippen molar-refractivity contribution in [3.05, 3.63) is 68.8 Å². The number of hydrogen-bond donors (Lipinski definition) is 2. The van der Waals surface area contributed by atoms with E-state index < -0.39 is 0 Å². The third-order valence-corrected chi connectivity index (χ3v) is 6.92. The second-order valence-corrected chi connectivity index (χ2v) is 9.70. The van der Waals surface area contributed by atoms with E-state index in [-0.39, 0.29) is 6.04 Å². The van der Waals surface area contributed by atoms with Gasteiger partial charge >= 0.3 is 0 Å². The lowest BCUT2D eigenvalue weighted by Crippen LogP contribution is -2.37. The summed E-state index contributed by atoms with van der Waals surface area (Å²) in [7, 11) is 0. The lowest BCUT2D eigenvalue weighted by atomic mass is 10.1. The van der Waals surface area contributed by atoms with Crippen LogP contribution in [0, 0.1) is 10.5 Å². The third kappa shape index (κ3) is 3.96. The zero-order valence-electron chi connectivity index (χ0n) is 15.3. The van der Waals surface area contributed by atoms with Crippen LogP contribution in [-0.2, 0) is 0 Å². The Hall–Kier alpha value is -2.18. The average molecular weight is 533 g/mol. The van der Waals surface area contributed by atoms with Gasteiger partial charge in [-0.05, 0) is 71.4 Å². The molecule has 10 heteroatoms. The molecule has 0 saturated heterocycles. The van der Waals surface area contributed by atoms with Crippen molar-refractivity contribution >= 4 is 62.6 Å². The zero-order chi connectivity index (χ0) is 19.8. The largest absolute Gasteiger partial charge is 0.328 e. The Kier molecular flexibility index (Phi) is 5.14. The van der Waals surface area contributed by atoms with E-state index in [2.05, 4.69) is 77.8 Å². The predicted octanol–water partition coefficient (Wildman–Crippen LogP) is 4.65. The number of thioether (sulfide) groups is 1. The summed E-state index contributed by atoms with van der Waals surface area (Å²) in [5.74, 6) is 1.59. The third-order valence-electron chi connectivity index (χ3n) is 4.49. The Balaban J connectivity index is 1.48. The molecule has 0 radical (unpaired) electrons. The van der Waals surface area contributed by atoms with Crippen molar-refractivity contribution in [1.29, 1.82) is 0 Å². The number of hydrogen-bond acceptors (Lipinski definition) is 8. The van der Waals surface area contributed by atoms with Gasteiger partial charge in [0, 0.05) is 26.4 Å². The molecular formula is C19H16IN7S2. The van der Waals surface area contributed by atoms with E-state index in [0.717, 1.165) is 37.9 Å². The van der Waals surface area contributed by atoms with E-state index in [1.807, 2.05) is 25.4 Å². The molecule has 2 N–H and O–H groups in total. The van der Waals surface area contributed by atoms with Gasteiger partial charge in [0.05, 0.1) is 24.5 Å². The van der Waals surface area contributed by atoms with Crippen molar-refractivity contribution in [2.24, 2.45) is 9.98 Å². The van der Waals surface area contributed by atoms with Gasteiger partial charge in [-0.1, -0.05) is 11.8 Å². The molecule has 5 rings (SSSR count). The van der Waals surface area contributed by atoms with Crippen LogP contribution in [0.2, 0.25) is 0 Å². The van der Waals surface area contributed by atoms with Gasteiger partial charge in [-0.3, -0.25) is 10.1 Å². The van der Waals surface area contributed by atoms with E-state index in [4.69, 9.17) is 9.98 Å². The number of aryl methyl sites for hydroxylation is 1. The number of aromatic amines is 1. The second-order valence-electron chi connectivity index (χ2n) is 6.56. The quantitative estimate of drug-likeness (QED) is 0.478. The van der Waals surface area contributed by atoms with Gasteiger partial charge in [0.1, 0.15) is 10.0 Å². The summed E-state index contributed by atoms with van der Waals surface area (Å²) in [5.41, 5.74) is 2.09. The van der Waals surface area contributed by atoms with Gasteiger partial charge in [-0.2, -0.15) is 9.47 Å². The fourth-order valence-electron chi connectivity index (χ4n) is 3.15. The minimum absolute atomic E-state index is 0.103. The molecule has 2 aromatic heterocycles. The van der Waals surface area contributed by atoms with Crippen LogP contribution in [0.25, 0.3) is 0 Å². The Labute approximate surface area is 189 Å². The van der Waals surface area contributed by atoms with Gasteiger partial charge in [0.25, 0.3) is 0 Å². The predicted molar refractivity (Wildman–Crippen MR) is 126 cm³/mol. The molecule has 4 heterocycles. The maximum Gasteiger partial charge on any atom is 0.175 e. The molecule has 0 spiro atoms. The summed E-state index contributed by atoms with van der Waals surface area (Å²) in [6.07, 6.45) is 5.86. The van der Waals surface area contributed by atoms with Crippen molar-refractivity contribution in [2.45, 2.75) is 17.9 Å². The zero-order valence-corrected chi connectivity index (χ0v) is 19.1. The number of rotatable bonds is 4. The van der Waals surface area contributed by atoms with Gasteiger partial charge < -0.3 is 10.2 Å². The molecule has 3 aromatic rings. The van der Waals surface area contributed by atoms with Crippen LogP contribution in [-0.4, -0.2) is 37.7 Å². The Bertz CT molecular complexity index is 1120. The Morgan fingerprint density at radius 2 is 2.17 bits per heavy atom. The van der Waals surface area contributed by atoms with Gasteiger partial charge in [-0.15, -0.1) is 0 Å². The van der Waals surface area contributed by atoms with E-state index >= 15 is 0 Å². The van der Waals surface area contributed by atoms with Crippen molar-refractivity contribution in [1.82, 2.24) is 19.5 Å². The first kappa shape index (κ1) is 18.8. The lowest BCUT2D eigenvalue weighted by molar-refractivity contribution is 0.457. The molecule has 7 nitrogen and oxygen atoms in total. The highest BCUT2D eigenvalue weighted by Gasteiger charge is 2.34. The van der Waals surface area contributed by atoms with E-state index in [1.165, 1.54) is 15.1 Å². The molecule has 146 valence electrons. The summed E-state index contributed by atoms with van der Waals surface area (Å²) in [6, 6.07) is 10.6. The molecule has 0 aliphatic carbocycles. The number of H-pyrrole nitrogens is 1. The average Bonchev–Trinajstić information content (AvgIpc) is 3.44. The van der Waals surface area contributed by atoms with E-state index in [1.54, 1.807) is 11.8 Å². The van der Waals surface area contributed by atoms with Gasteiger partial charge in [0.15, 0.2) is 11.7 Å². The number of amidine groups is 2. The summed E-state index contributed by atoms with van der Waals surface area (Å²) in [4.78, 5) is 13.0. The molecule has 0 amide bonds. The van der Waals surface area contributed by atoms with Gasteiger partial charge in [0.2, 0.25) is 0 Å². The molecular weight excluding hydrogens is 517 g/mol. The molecule has 1 aromatic carbocycles. The number of fused-ring (bicyclic) bond motifs is 1. The number of nitrogens with one attached hydrogen (secondary N) is 2. The Morgan fingerprint density at radius 1 is 1.31 bits per heavy atom. The minimum atomic E-state index is 0.103. The van der Waals surface area contributed by atoms with Crippen molar-refractivity contribution in [3.8, 4) is 0 Å². The molecule has 2 aliphatic heterocycles. The summed E-state index contributed by atoms with van der Waals surface area (Å²) in [5, 5.41) is 12.3. The molecule has 1 unspecified atom stereocenters. The van der Waals surface area contributed by atoms with Crippen LogP contribution >= 0.6 is 45.9 Å². The highest BCUT2D eigenvalue weighted by Crippen LogP contribution is 2.36. The number of aromatic nitrogens is 3. The van der Waals surface area contributed by atoms with Crippen LogP contribution in [0.3, 0.4) is 0 Å². The highest BCUT2D eigenvalue weighted by atomic mass is 127. The van der Waals surface area contributed by atoms with Gasteiger partial charge in [-0.25, -0.2) is 4.99 Å². The summed E-state index contributed by atoms with van der Waals surface area (Å²) >= 11 is 5.38. The fourth-order valence-corrected chi connectivity index (χ4v) is 4.99. The van der Waals surface area contributed by atoms with Crippen molar-refractivity contribution < 1.29 is 0 Å². The van der Waals surface area contributed by atoms with Crippen LogP contribution in [0.4, 0.5) is 5.00 Å². The number of aliphatic imine (C=N–C) groups is 2. The first-order chi connectivity index (χ1) is 14.2. The molecule has 0 fully saturated rings. The minimum Gasteiger partial charge on any atom is -0.328 e. The smallest absolute Gasteiger partial charge is 0.175 e. The molecule has 29 heavy (non-hydrogen) atoms. The van der Waals surface area contributed by atoms with Crippen molar-refractivity contribution in [3.63, 3.8) is 0 Å². The lowest BCUT2D eigenvalue weighted by Gasteiger charge is -2.28.